The molecule has 1 rings (SSSR count). The van der Waals surface area contributed by atoms with Crippen molar-refractivity contribution in [1.82, 2.24) is 9.55 Å². The molecule has 0 amide bonds. The largest absolute Gasteiger partial charge is 0.322 e. The van der Waals surface area contributed by atoms with E-state index in [0.717, 1.165) is 17.9 Å². The smallest absolute Gasteiger partial charge is 0.109 e. The molecule has 0 aliphatic carbocycles. The molecule has 0 unspecified atom stereocenters. The molecule has 3 nitrogen and oxygen atoms in total. The number of rotatable bonds is 2. The maximum atomic E-state index is 6.00. The van der Waals surface area contributed by atoms with Crippen molar-refractivity contribution in [3.05, 3.63) is 40.9 Å². The van der Waals surface area contributed by atoms with Gasteiger partial charge in [0.05, 0.1) is 11.7 Å². The third-order valence-electron chi connectivity index (χ3n) is 2.02. The molecule has 1 aromatic heterocycles. The van der Waals surface area contributed by atoms with Gasteiger partial charge in [0.25, 0.3) is 0 Å². The minimum absolute atomic E-state index is 0.379. The molecule has 1 aromatic rings. The summed E-state index contributed by atoms with van der Waals surface area (Å²) in [5.74, 6) is 0.924. The Labute approximate surface area is 95.2 Å². The quantitative estimate of drug-likeness (QED) is 0.840. The van der Waals surface area contributed by atoms with Crippen LogP contribution < -0.4 is 5.73 Å². The lowest BCUT2D eigenvalue weighted by Gasteiger charge is -2.05. The molecule has 0 fully saturated rings. The maximum absolute atomic E-state index is 6.00. The van der Waals surface area contributed by atoms with Crippen LogP contribution in [0.3, 0.4) is 0 Å². The molecule has 0 saturated heterocycles. The topological polar surface area (TPSA) is 43.8 Å². The molecule has 15 heavy (non-hydrogen) atoms. The first-order valence-corrected chi connectivity index (χ1v) is 5.31. The third-order valence-corrected chi connectivity index (χ3v) is 2.25. The summed E-state index contributed by atoms with van der Waals surface area (Å²) in [6.07, 6.45) is 2.62. The molecule has 0 spiro atoms. The Hall–Kier alpha value is -1.06. The van der Waals surface area contributed by atoms with Gasteiger partial charge >= 0.3 is 0 Å². The van der Waals surface area contributed by atoms with E-state index in [4.69, 9.17) is 17.3 Å². The normalized spacial score (nSPS) is 9.87. The Bertz CT molecular complexity index is 349. The predicted molar refractivity (Wildman–Crippen MR) is 63.2 cm³/mol. The van der Waals surface area contributed by atoms with Crippen LogP contribution in [0.4, 0.5) is 0 Å². The van der Waals surface area contributed by atoms with Crippen LogP contribution >= 0.6 is 11.6 Å². The van der Waals surface area contributed by atoms with Gasteiger partial charge in [0.15, 0.2) is 0 Å². The van der Waals surface area contributed by atoms with Crippen molar-refractivity contribution < 1.29 is 0 Å². The number of nitrogens with zero attached hydrogens (tertiary/aromatic N) is 2. The van der Waals surface area contributed by atoms with Crippen LogP contribution in [0.1, 0.15) is 18.4 Å². The average molecular weight is 226 g/mol. The Balaban J connectivity index is 3.50. The lowest BCUT2D eigenvalue weighted by atomic mass is 10.4. The summed E-state index contributed by atoms with van der Waals surface area (Å²) in [4.78, 5) is 4.47. The van der Waals surface area contributed by atoms with Gasteiger partial charge in [0.2, 0.25) is 0 Å². The highest BCUT2D eigenvalue weighted by molar-refractivity contribution is 6.30. The summed E-state index contributed by atoms with van der Waals surface area (Å²) in [5, 5.41) is 0.646. The lowest BCUT2D eigenvalue weighted by molar-refractivity contribution is 0.660. The summed E-state index contributed by atoms with van der Waals surface area (Å²) in [7, 11) is 0. The molecular formula is C11H16ClN3. The first-order valence-electron chi connectivity index (χ1n) is 4.94. The van der Waals surface area contributed by atoms with Gasteiger partial charge in [0, 0.05) is 18.3 Å². The van der Waals surface area contributed by atoms with Crippen molar-refractivity contribution in [2.45, 2.75) is 26.9 Å². The Morgan fingerprint density at radius 3 is 2.80 bits per heavy atom. The fourth-order valence-electron chi connectivity index (χ4n) is 1.29. The van der Waals surface area contributed by atoms with Crippen LogP contribution in [-0.2, 0) is 13.1 Å². The zero-order chi connectivity index (χ0) is 11.3. The number of halogens is 1. The van der Waals surface area contributed by atoms with Crippen molar-refractivity contribution in [3.63, 3.8) is 0 Å². The zero-order valence-electron chi connectivity index (χ0n) is 9.07. The molecular weight excluding hydrogens is 210 g/mol. The second-order valence-electron chi connectivity index (χ2n) is 3.22. The standard InChI is InChI=1S/C11H16ClN3/c1-3-11-14-9(2)5-4-6-10(12)7-15(11)8-13/h4-7H,3,8,13H2,1-2H3. The van der Waals surface area contributed by atoms with Crippen molar-refractivity contribution in [3.8, 4) is 0 Å². The second-order valence-corrected chi connectivity index (χ2v) is 3.65. The molecule has 82 valence electrons. The molecule has 1 heterocycles. The highest BCUT2D eigenvalue weighted by atomic mass is 35.5. The number of aromatic nitrogens is 2. The summed E-state index contributed by atoms with van der Waals surface area (Å²) in [6.45, 7) is 4.37. The lowest BCUT2D eigenvalue weighted by Crippen LogP contribution is -2.12. The summed E-state index contributed by atoms with van der Waals surface area (Å²) < 4.78 is 1.86. The summed E-state index contributed by atoms with van der Waals surface area (Å²) in [6, 6.07) is 5.62. The Morgan fingerprint density at radius 1 is 1.47 bits per heavy atom. The van der Waals surface area contributed by atoms with Crippen LogP contribution in [0.25, 0.3) is 0 Å². The van der Waals surface area contributed by atoms with E-state index in [-0.39, 0.29) is 0 Å². The molecule has 0 aromatic carbocycles. The first-order chi connectivity index (χ1) is 7.17. The minimum atomic E-state index is 0.379. The van der Waals surface area contributed by atoms with Gasteiger partial charge in [-0.05, 0) is 19.1 Å². The number of nitrogens with two attached hydrogens (primary N) is 1. The van der Waals surface area contributed by atoms with E-state index in [1.54, 1.807) is 6.20 Å². The molecule has 0 atom stereocenters. The van der Waals surface area contributed by atoms with Crippen molar-refractivity contribution in [1.29, 1.82) is 0 Å². The molecule has 0 saturated carbocycles. The summed E-state index contributed by atoms with van der Waals surface area (Å²) in [5.41, 5.74) is 6.59. The van der Waals surface area contributed by atoms with Gasteiger partial charge in [0.1, 0.15) is 5.82 Å². The van der Waals surface area contributed by atoms with E-state index in [1.807, 2.05) is 36.6 Å². The highest BCUT2D eigenvalue weighted by Gasteiger charge is 1.95. The van der Waals surface area contributed by atoms with E-state index >= 15 is 0 Å². The fraction of sp³-hybridized carbons (Fsp3) is 0.364. The highest BCUT2D eigenvalue weighted by Crippen LogP contribution is 2.05. The van der Waals surface area contributed by atoms with Crippen LogP contribution in [0.2, 0.25) is 5.02 Å². The van der Waals surface area contributed by atoms with E-state index in [0.29, 0.717) is 11.7 Å². The molecule has 0 radical (unpaired) electrons. The number of hydrogen-bond acceptors (Lipinski definition) is 2. The SMILES string of the molecule is CCc1nc(C)cccc(Cl)cn1CN. The second kappa shape index (κ2) is 5.73. The van der Waals surface area contributed by atoms with E-state index in [1.165, 1.54) is 0 Å². The van der Waals surface area contributed by atoms with Crippen molar-refractivity contribution in [2.75, 3.05) is 0 Å². The van der Waals surface area contributed by atoms with Crippen molar-refractivity contribution in [2.24, 2.45) is 5.73 Å². The Morgan fingerprint density at radius 2 is 2.20 bits per heavy atom. The fourth-order valence-corrected chi connectivity index (χ4v) is 1.48. The van der Waals surface area contributed by atoms with E-state index < -0.39 is 0 Å². The molecule has 2 N–H and O–H groups in total. The maximum Gasteiger partial charge on any atom is 0.109 e. The van der Waals surface area contributed by atoms with Crippen LogP contribution in [0.15, 0.2) is 24.4 Å². The van der Waals surface area contributed by atoms with Gasteiger partial charge in [-0.25, -0.2) is 4.98 Å². The summed E-state index contributed by atoms with van der Waals surface area (Å²) >= 11 is 6.00. The van der Waals surface area contributed by atoms with E-state index in [9.17, 15) is 0 Å². The number of aryl methyl sites for hydroxylation is 2. The monoisotopic (exact) mass is 225 g/mol. The van der Waals surface area contributed by atoms with Gasteiger partial charge < -0.3 is 10.3 Å². The third kappa shape index (κ3) is 3.53. The van der Waals surface area contributed by atoms with Gasteiger partial charge in [-0.2, -0.15) is 0 Å². The molecule has 0 aliphatic rings. The molecule has 0 bridgehead atoms. The average Bonchev–Trinajstić information content (AvgIpc) is 2.28. The predicted octanol–water partition coefficient (Wildman–Crippen LogP) is 2.45. The van der Waals surface area contributed by atoms with E-state index in [2.05, 4.69) is 4.98 Å². The van der Waals surface area contributed by atoms with Crippen LogP contribution in [0, 0.1) is 6.92 Å². The van der Waals surface area contributed by atoms with Crippen LogP contribution in [-0.4, -0.2) is 9.55 Å². The molecule has 4 heteroatoms. The van der Waals surface area contributed by atoms with Crippen LogP contribution in [0.5, 0.6) is 0 Å². The minimum Gasteiger partial charge on any atom is -0.322 e. The molecule has 0 aliphatic heterocycles. The zero-order valence-corrected chi connectivity index (χ0v) is 9.83. The number of hydrogen-bond donors (Lipinski definition) is 1. The van der Waals surface area contributed by atoms with Gasteiger partial charge in [-0.3, -0.25) is 0 Å². The first kappa shape index (κ1) is 12.0. The Kier molecular flexibility index (Phi) is 4.59. The van der Waals surface area contributed by atoms with Gasteiger partial charge in [-0.15, -0.1) is 0 Å². The van der Waals surface area contributed by atoms with Gasteiger partial charge in [-0.1, -0.05) is 24.6 Å². The van der Waals surface area contributed by atoms with Crippen molar-refractivity contribution >= 4 is 11.6 Å².